The first-order valence-electron chi connectivity index (χ1n) is 7.92. The molecule has 0 saturated carbocycles. The van der Waals surface area contributed by atoms with Crippen molar-refractivity contribution in [2.75, 3.05) is 0 Å². The molecule has 1 aromatic heterocycles. The number of primary amides is 1. The Morgan fingerprint density at radius 1 is 1.28 bits per heavy atom. The molecule has 0 saturated heterocycles. The van der Waals surface area contributed by atoms with Gasteiger partial charge in [-0.2, -0.15) is 0 Å². The molecular weight excluding hydrogens is 322 g/mol. The van der Waals surface area contributed by atoms with E-state index in [0.29, 0.717) is 13.0 Å². The van der Waals surface area contributed by atoms with Gasteiger partial charge in [0.15, 0.2) is 0 Å². The lowest BCUT2D eigenvalue weighted by molar-refractivity contribution is -0.123. The van der Waals surface area contributed by atoms with Crippen molar-refractivity contribution >= 4 is 11.8 Å². The summed E-state index contributed by atoms with van der Waals surface area (Å²) in [5, 5.41) is 10.7. The third-order valence-electron chi connectivity index (χ3n) is 3.93. The molecule has 1 atom stereocenters. The van der Waals surface area contributed by atoms with Crippen LogP contribution in [0.5, 0.6) is 0 Å². The summed E-state index contributed by atoms with van der Waals surface area (Å²) in [5.74, 6) is -0.470. The fraction of sp³-hybridized carbons (Fsp3) is 0.412. The number of benzene rings is 1. The van der Waals surface area contributed by atoms with Gasteiger partial charge >= 0.3 is 0 Å². The van der Waals surface area contributed by atoms with Crippen LogP contribution in [0.3, 0.4) is 0 Å². The molecule has 2 rings (SSSR count). The molecule has 0 bridgehead atoms. The van der Waals surface area contributed by atoms with Crippen LogP contribution in [0.2, 0.25) is 0 Å². The lowest BCUT2D eigenvalue weighted by atomic mass is 9.93. The second-order valence-electron chi connectivity index (χ2n) is 6.42. The highest BCUT2D eigenvalue weighted by Crippen LogP contribution is 2.25. The van der Waals surface area contributed by atoms with Crippen molar-refractivity contribution < 1.29 is 14.0 Å². The number of carbonyl (C=O) groups is 2. The highest BCUT2D eigenvalue weighted by atomic mass is 16.4. The summed E-state index contributed by atoms with van der Waals surface area (Å²) in [6.45, 7) is 5.04. The van der Waals surface area contributed by atoms with Crippen molar-refractivity contribution in [1.29, 1.82) is 0 Å². The molecule has 0 fully saturated rings. The predicted octanol–water partition coefficient (Wildman–Crippen LogP) is 0.711. The van der Waals surface area contributed by atoms with Gasteiger partial charge in [-0.25, -0.2) is 0 Å². The van der Waals surface area contributed by atoms with E-state index in [1.54, 1.807) is 13.8 Å². The second-order valence-corrected chi connectivity index (χ2v) is 6.42. The molecule has 0 radical (unpaired) electrons. The maximum Gasteiger partial charge on any atom is 0.239 e. The van der Waals surface area contributed by atoms with E-state index >= 15 is 0 Å². The first kappa shape index (κ1) is 18.6. The molecule has 2 amide bonds. The van der Waals surface area contributed by atoms with E-state index in [9.17, 15) is 9.59 Å². The molecule has 25 heavy (non-hydrogen) atoms. The van der Waals surface area contributed by atoms with Crippen molar-refractivity contribution in [2.45, 2.75) is 45.2 Å². The average Bonchev–Trinajstić information content (AvgIpc) is 3.04. The van der Waals surface area contributed by atoms with E-state index in [4.69, 9.17) is 15.9 Å². The van der Waals surface area contributed by atoms with E-state index in [1.165, 1.54) is 6.92 Å². The number of amides is 2. The number of aromatic nitrogens is 2. The number of hydrogen-bond donors (Lipinski definition) is 3. The van der Waals surface area contributed by atoms with Crippen LogP contribution in [0.4, 0.5) is 0 Å². The fourth-order valence-corrected chi connectivity index (χ4v) is 2.30. The lowest BCUT2D eigenvalue weighted by Crippen LogP contribution is -2.35. The maximum atomic E-state index is 11.6. The van der Waals surface area contributed by atoms with E-state index in [-0.39, 0.29) is 17.7 Å². The Hall–Kier alpha value is -2.74. The third kappa shape index (κ3) is 4.42. The molecule has 0 aliphatic heterocycles. The minimum Gasteiger partial charge on any atom is -0.422 e. The van der Waals surface area contributed by atoms with Crippen molar-refractivity contribution in [3.05, 3.63) is 47.2 Å². The zero-order valence-corrected chi connectivity index (χ0v) is 14.6. The molecule has 134 valence electrons. The highest BCUT2D eigenvalue weighted by molar-refractivity contribution is 5.84. The zero-order chi connectivity index (χ0) is 18.6. The van der Waals surface area contributed by atoms with Crippen LogP contribution in [0.15, 0.2) is 28.7 Å². The average molecular weight is 345 g/mol. The van der Waals surface area contributed by atoms with Gasteiger partial charge in [0.2, 0.25) is 23.6 Å². The van der Waals surface area contributed by atoms with E-state index in [1.807, 2.05) is 24.3 Å². The van der Waals surface area contributed by atoms with Crippen molar-refractivity contribution in [1.82, 2.24) is 15.5 Å². The van der Waals surface area contributed by atoms with Crippen LogP contribution in [0.1, 0.15) is 49.7 Å². The minimum atomic E-state index is -1.09. The predicted molar refractivity (Wildman–Crippen MR) is 91.1 cm³/mol. The molecule has 8 heteroatoms. The monoisotopic (exact) mass is 345 g/mol. The number of nitrogens with zero attached hydrogens (tertiary/aromatic N) is 2. The van der Waals surface area contributed by atoms with Crippen LogP contribution in [0, 0.1) is 0 Å². The van der Waals surface area contributed by atoms with Gasteiger partial charge in [0.05, 0.1) is 0 Å². The standard InChI is InChI=1S/C17H23N5O3/c1-10(23)20-13(8-11-5-4-6-12(7-11)9-18)14-21-22-16(25-14)17(2,3)15(19)24/h4-7,13H,8-9,18H2,1-3H3,(H2,19,24)(H,20,23)/t13-/m0/s1. The highest BCUT2D eigenvalue weighted by Gasteiger charge is 2.34. The zero-order valence-electron chi connectivity index (χ0n) is 14.6. The molecule has 0 spiro atoms. The summed E-state index contributed by atoms with van der Waals surface area (Å²) in [4.78, 5) is 23.1. The Labute approximate surface area is 146 Å². The Bertz CT molecular complexity index is 769. The van der Waals surface area contributed by atoms with Crippen LogP contribution < -0.4 is 16.8 Å². The van der Waals surface area contributed by atoms with Gasteiger partial charge in [-0.05, 0) is 25.0 Å². The normalized spacial score (nSPS) is 12.6. The molecule has 0 aliphatic carbocycles. The summed E-state index contributed by atoms with van der Waals surface area (Å²) < 4.78 is 5.64. The number of rotatable bonds is 7. The Morgan fingerprint density at radius 2 is 1.96 bits per heavy atom. The van der Waals surface area contributed by atoms with Crippen molar-refractivity contribution in [3.8, 4) is 0 Å². The summed E-state index contributed by atoms with van der Waals surface area (Å²) in [5.41, 5.74) is 11.9. The maximum absolute atomic E-state index is 11.6. The first-order valence-corrected chi connectivity index (χ1v) is 7.92. The number of nitrogens with two attached hydrogens (primary N) is 2. The summed E-state index contributed by atoms with van der Waals surface area (Å²) in [7, 11) is 0. The van der Waals surface area contributed by atoms with Crippen LogP contribution in [0.25, 0.3) is 0 Å². The van der Waals surface area contributed by atoms with Crippen molar-refractivity contribution in [3.63, 3.8) is 0 Å². The molecule has 8 nitrogen and oxygen atoms in total. The summed E-state index contributed by atoms with van der Waals surface area (Å²) in [6, 6.07) is 7.20. The van der Waals surface area contributed by atoms with Crippen molar-refractivity contribution in [2.24, 2.45) is 11.5 Å². The van der Waals surface area contributed by atoms with Crippen LogP contribution in [-0.4, -0.2) is 22.0 Å². The third-order valence-corrected chi connectivity index (χ3v) is 3.93. The molecule has 0 aliphatic rings. The smallest absolute Gasteiger partial charge is 0.239 e. The molecule has 1 aromatic carbocycles. The van der Waals surface area contributed by atoms with E-state index in [0.717, 1.165) is 11.1 Å². The quantitative estimate of drug-likeness (QED) is 0.676. The molecule has 5 N–H and O–H groups in total. The van der Waals surface area contributed by atoms with Gasteiger partial charge in [0.25, 0.3) is 0 Å². The summed E-state index contributed by atoms with van der Waals surface area (Å²) >= 11 is 0. The van der Waals surface area contributed by atoms with Crippen LogP contribution in [-0.2, 0) is 28.0 Å². The molecule has 1 heterocycles. The van der Waals surface area contributed by atoms with Crippen LogP contribution >= 0.6 is 0 Å². The van der Waals surface area contributed by atoms with E-state index in [2.05, 4.69) is 15.5 Å². The fourth-order valence-electron chi connectivity index (χ4n) is 2.30. The molecule has 0 unspecified atom stereocenters. The number of carbonyl (C=O) groups excluding carboxylic acids is 2. The number of hydrogen-bond acceptors (Lipinski definition) is 6. The first-order chi connectivity index (χ1) is 11.7. The van der Waals surface area contributed by atoms with Gasteiger partial charge in [-0.1, -0.05) is 24.3 Å². The Kier molecular flexibility index (Phi) is 5.53. The van der Waals surface area contributed by atoms with Gasteiger partial charge in [-0.15, -0.1) is 10.2 Å². The largest absolute Gasteiger partial charge is 0.422 e. The minimum absolute atomic E-state index is 0.112. The lowest BCUT2D eigenvalue weighted by Gasteiger charge is -2.16. The Morgan fingerprint density at radius 3 is 2.56 bits per heavy atom. The van der Waals surface area contributed by atoms with E-state index < -0.39 is 17.4 Å². The number of nitrogens with one attached hydrogen (secondary N) is 1. The van der Waals surface area contributed by atoms with Gasteiger partial charge in [0.1, 0.15) is 11.5 Å². The molecule has 2 aromatic rings. The van der Waals surface area contributed by atoms with Gasteiger partial charge in [-0.3, -0.25) is 9.59 Å². The topological polar surface area (TPSA) is 137 Å². The second kappa shape index (κ2) is 7.43. The summed E-state index contributed by atoms with van der Waals surface area (Å²) in [6.07, 6.45) is 0.450. The molecular formula is C17H23N5O3. The SMILES string of the molecule is CC(=O)N[C@@H](Cc1cccc(CN)c1)c1nnc(C(C)(C)C(N)=O)o1. The Balaban J connectivity index is 2.30. The van der Waals surface area contributed by atoms with Gasteiger partial charge in [0, 0.05) is 19.9 Å². The van der Waals surface area contributed by atoms with Gasteiger partial charge < -0.3 is 21.2 Å².